The monoisotopic (exact) mass is 408 g/mol. The largest absolute Gasteiger partial charge is 0.497 e. The Labute approximate surface area is 169 Å². The molecular weight excluding hydrogens is 386 g/mol. The first-order valence-corrected chi connectivity index (χ1v) is 8.57. The summed E-state index contributed by atoms with van der Waals surface area (Å²) >= 11 is 0. The predicted molar refractivity (Wildman–Crippen MR) is 108 cm³/mol. The number of aromatic nitrogens is 3. The van der Waals surface area contributed by atoms with Crippen molar-refractivity contribution in [2.75, 3.05) is 21.2 Å². The molecule has 3 aromatic rings. The summed E-state index contributed by atoms with van der Waals surface area (Å²) < 4.78 is 32.6. The Kier molecular flexibility index (Phi) is 7.48. The molecule has 0 radical (unpaired) electrons. The molecule has 0 bridgehead atoms. The average Bonchev–Trinajstić information content (AvgIpc) is 3.04. The van der Waals surface area contributed by atoms with Crippen LogP contribution in [0.1, 0.15) is 5.56 Å². The highest BCUT2D eigenvalue weighted by molar-refractivity contribution is 5.85. The van der Waals surface area contributed by atoms with Gasteiger partial charge in [0.25, 0.3) is 6.43 Å². The number of methoxy groups -OCH3 is 1. The zero-order valence-corrected chi connectivity index (χ0v) is 16.8. The van der Waals surface area contributed by atoms with Crippen molar-refractivity contribution in [2.45, 2.75) is 19.5 Å². The summed E-state index contributed by atoms with van der Waals surface area (Å²) in [5, 5.41) is 4.32. The van der Waals surface area contributed by atoms with Crippen molar-refractivity contribution < 1.29 is 13.5 Å². The molecule has 2 aromatic carbocycles. The maximum Gasteiger partial charge on any atom is 0.258 e. The lowest BCUT2D eigenvalue weighted by Gasteiger charge is -2.11. The fourth-order valence-electron chi connectivity index (χ4n) is 2.85. The summed E-state index contributed by atoms with van der Waals surface area (Å²) in [5.74, 6) is 1.55. The summed E-state index contributed by atoms with van der Waals surface area (Å²) in [7, 11) is 5.55. The molecule has 3 rings (SSSR count). The molecule has 28 heavy (non-hydrogen) atoms. The third-order valence-corrected chi connectivity index (χ3v) is 4.01. The first-order valence-electron chi connectivity index (χ1n) is 8.57. The van der Waals surface area contributed by atoms with Crippen LogP contribution in [0.3, 0.4) is 0 Å². The second-order valence-corrected chi connectivity index (χ2v) is 6.50. The lowest BCUT2D eigenvalue weighted by Crippen LogP contribution is -2.11. The minimum absolute atomic E-state index is 0. The molecule has 0 aliphatic heterocycles. The zero-order valence-electron chi connectivity index (χ0n) is 16.0. The summed E-state index contributed by atoms with van der Waals surface area (Å²) in [5.41, 5.74) is 2.59. The minimum atomic E-state index is -2.51. The molecule has 0 amide bonds. The van der Waals surface area contributed by atoms with Gasteiger partial charge in [-0.05, 0) is 50.0 Å². The molecule has 1 heterocycles. The summed E-state index contributed by atoms with van der Waals surface area (Å²) in [6.07, 6.45) is -2.51. The van der Waals surface area contributed by atoms with E-state index in [1.165, 1.54) is 4.68 Å². The molecule has 0 atom stereocenters. The molecule has 150 valence electrons. The Hall–Kier alpha value is -2.51. The molecule has 0 aliphatic rings. The Morgan fingerprint density at radius 1 is 1.07 bits per heavy atom. The van der Waals surface area contributed by atoms with Crippen molar-refractivity contribution in [3.8, 4) is 28.5 Å². The Balaban J connectivity index is 0.00000280. The molecule has 0 unspecified atom stereocenters. The van der Waals surface area contributed by atoms with Gasteiger partial charge < -0.3 is 9.64 Å². The minimum Gasteiger partial charge on any atom is -0.497 e. The molecule has 8 heteroatoms. The van der Waals surface area contributed by atoms with Gasteiger partial charge in [0.15, 0.2) is 11.6 Å². The highest BCUT2D eigenvalue weighted by atomic mass is 35.5. The van der Waals surface area contributed by atoms with Crippen molar-refractivity contribution in [1.82, 2.24) is 19.7 Å². The van der Waals surface area contributed by atoms with Crippen molar-refractivity contribution in [1.29, 1.82) is 0 Å². The van der Waals surface area contributed by atoms with Gasteiger partial charge in [-0.1, -0.05) is 18.2 Å². The summed E-state index contributed by atoms with van der Waals surface area (Å²) in [6.45, 7) is 0.249. The smallest absolute Gasteiger partial charge is 0.258 e. The standard InChI is InChI=1S/C20H22F2N4O.ClH/c1-25(2)12-14-5-4-6-16(11-14)20-23-19(24-26(20)13-18(21)22)15-7-9-17(27-3)10-8-15;/h4-11,18H,12-13H2,1-3H3;1H. The lowest BCUT2D eigenvalue weighted by molar-refractivity contribution is 0.122. The van der Waals surface area contributed by atoms with Gasteiger partial charge in [0.05, 0.1) is 7.11 Å². The van der Waals surface area contributed by atoms with Gasteiger partial charge in [-0.15, -0.1) is 12.4 Å². The first-order chi connectivity index (χ1) is 13.0. The number of hydrogen-bond acceptors (Lipinski definition) is 4. The number of hydrogen-bond donors (Lipinski definition) is 0. The normalized spacial score (nSPS) is 11.0. The third-order valence-electron chi connectivity index (χ3n) is 4.01. The van der Waals surface area contributed by atoms with E-state index < -0.39 is 13.0 Å². The molecule has 1 aromatic heterocycles. The first kappa shape index (κ1) is 21.8. The molecule has 0 aliphatic carbocycles. The fraction of sp³-hybridized carbons (Fsp3) is 0.300. The third kappa shape index (κ3) is 5.27. The van der Waals surface area contributed by atoms with Crippen LogP contribution in [0.5, 0.6) is 5.75 Å². The molecule has 0 fully saturated rings. The second-order valence-electron chi connectivity index (χ2n) is 6.50. The molecule has 0 saturated carbocycles. The van der Waals surface area contributed by atoms with Gasteiger partial charge in [-0.3, -0.25) is 0 Å². The van der Waals surface area contributed by atoms with E-state index in [0.717, 1.165) is 23.2 Å². The van der Waals surface area contributed by atoms with E-state index in [0.29, 0.717) is 17.4 Å². The van der Waals surface area contributed by atoms with Crippen LogP contribution in [-0.4, -0.2) is 47.3 Å². The van der Waals surface area contributed by atoms with Crippen LogP contribution in [0.25, 0.3) is 22.8 Å². The van der Waals surface area contributed by atoms with Gasteiger partial charge in [0, 0.05) is 17.7 Å². The van der Waals surface area contributed by atoms with Crippen molar-refractivity contribution in [2.24, 2.45) is 0 Å². The Bertz CT molecular complexity index is 897. The molecular formula is C20H23ClF2N4O. The van der Waals surface area contributed by atoms with Gasteiger partial charge >= 0.3 is 0 Å². The van der Waals surface area contributed by atoms with E-state index in [1.54, 1.807) is 19.2 Å². The molecule has 5 nitrogen and oxygen atoms in total. The van der Waals surface area contributed by atoms with Gasteiger partial charge in [-0.25, -0.2) is 18.4 Å². The topological polar surface area (TPSA) is 43.2 Å². The Morgan fingerprint density at radius 3 is 2.39 bits per heavy atom. The number of ether oxygens (including phenoxy) is 1. The van der Waals surface area contributed by atoms with E-state index in [9.17, 15) is 8.78 Å². The van der Waals surface area contributed by atoms with E-state index in [1.807, 2.05) is 55.4 Å². The van der Waals surface area contributed by atoms with Crippen LogP contribution in [0.4, 0.5) is 8.78 Å². The number of benzene rings is 2. The zero-order chi connectivity index (χ0) is 19.4. The number of halogens is 3. The predicted octanol–water partition coefficient (Wildman–Crippen LogP) is 4.37. The van der Waals surface area contributed by atoms with Crippen molar-refractivity contribution in [3.05, 3.63) is 54.1 Å². The molecule has 0 spiro atoms. The van der Waals surface area contributed by atoms with Crippen LogP contribution in [-0.2, 0) is 13.1 Å². The van der Waals surface area contributed by atoms with Crippen LogP contribution < -0.4 is 4.74 Å². The van der Waals surface area contributed by atoms with Crippen LogP contribution in [0.15, 0.2) is 48.5 Å². The average molecular weight is 409 g/mol. The summed E-state index contributed by atoms with van der Waals surface area (Å²) in [6, 6.07) is 14.9. The van der Waals surface area contributed by atoms with E-state index in [2.05, 4.69) is 10.1 Å². The maximum atomic E-state index is 13.1. The number of rotatable bonds is 7. The summed E-state index contributed by atoms with van der Waals surface area (Å²) in [4.78, 5) is 6.59. The maximum absolute atomic E-state index is 13.1. The second kappa shape index (κ2) is 9.61. The number of nitrogens with zero attached hydrogens (tertiary/aromatic N) is 4. The Morgan fingerprint density at radius 2 is 1.79 bits per heavy atom. The van der Waals surface area contributed by atoms with Crippen LogP contribution in [0.2, 0.25) is 0 Å². The van der Waals surface area contributed by atoms with Crippen LogP contribution >= 0.6 is 12.4 Å². The van der Waals surface area contributed by atoms with Crippen molar-refractivity contribution >= 4 is 12.4 Å². The fourth-order valence-corrected chi connectivity index (χ4v) is 2.85. The van der Waals surface area contributed by atoms with E-state index >= 15 is 0 Å². The highest BCUT2D eigenvalue weighted by Gasteiger charge is 2.17. The molecule has 0 saturated heterocycles. The van der Waals surface area contributed by atoms with Gasteiger partial charge in [0.2, 0.25) is 0 Å². The lowest BCUT2D eigenvalue weighted by atomic mass is 10.1. The number of alkyl halides is 2. The van der Waals surface area contributed by atoms with E-state index in [4.69, 9.17) is 4.74 Å². The SMILES string of the molecule is COc1ccc(-c2nc(-c3cccc(CN(C)C)c3)n(CC(F)F)n2)cc1.Cl. The van der Waals surface area contributed by atoms with E-state index in [-0.39, 0.29) is 12.4 Å². The van der Waals surface area contributed by atoms with Gasteiger partial charge in [0.1, 0.15) is 12.3 Å². The highest BCUT2D eigenvalue weighted by Crippen LogP contribution is 2.25. The quantitative estimate of drug-likeness (QED) is 0.582. The van der Waals surface area contributed by atoms with Crippen LogP contribution in [0, 0.1) is 0 Å². The molecule has 0 N–H and O–H groups in total. The van der Waals surface area contributed by atoms with Gasteiger partial charge in [-0.2, -0.15) is 5.10 Å². The van der Waals surface area contributed by atoms with Crippen molar-refractivity contribution in [3.63, 3.8) is 0 Å².